The summed E-state index contributed by atoms with van der Waals surface area (Å²) in [5, 5.41) is 4.84. The Hall–Kier alpha value is -2.70. The van der Waals surface area contributed by atoms with Crippen molar-refractivity contribution in [2.45, 2.75) is 39.0 Å². The number of amides is 1. The average molecular weight is 462 g/mol. The van der Waals surface area contributed by atoms with Gasteiger partial charge < -0.3 is 0 Å². The van der Waals surface area contributed by atoms with E-state index in [2.05, 4.69) is 6.92 Å². The minimum absolute atomic E-state index is 0.00182. The predicted octanol–water partition coefficient (Wildman–Crippen LogP) is 6.71. The Morgan fingerprint density at radius 3 is 2.38 bits per heavy atom. The Labute approximate surface area is 199 Å². The molecule has 1 saturated heterocycles. The van der Waals surface area contributed by atoms with Crippen LogP contribution in [0, 0.1) is 0 Å². The number of para-hydroxylation sites is 1. The van der Waals surface area contributed by atoms with Crippen molar-refractivity contribution in [2.24, 2.45) is 0 Å². The highest BCUT2D eigenvalue weighted by Crippen LogP contribution is 2.35. The van der Waals surface area contributed by atoms with Gasteiger partial charge in [0, 0.05) is 23.9 Å². The molecule has 1 amide bonds. The summed E-state index contributed by atoms with van der Waals surface area (Å²) in [5.74, 6) is 0.00182. The molecule has 0 unspecified atom stereocenters. The minimum Gasteiger partial charge on any atom is -0.293 e. The third-order valence-electron chi connectivity index (χ3n) is 5.46. The van der Waals surface area contributed by atoms with Gasteiger partial charge in [-0.05, 0) is 24.6 Å². The van der Waals surface area contributed by atoms with Crippen LogP contribution in [0.5, 0.6) is 0 Å². The lowest BCUT2D eigenvalue weighted by molar-refractivity contribution is -0.122. The van der Waals surface area contributed by atoms with Crippen LogP contribution in [0.4, 0.5) is 0 Å². The van der Waals surface area contributed by atoms with Crippen molar-refractivity contribution in [3.8, 4) is 16.9 Å². The van der Waals surface area contributed by atoms with Crippen molar-refractivity contribution in [3.63, 3.8) is 0 Å². The molecular weight excluding hydrogens is 434 g/mol. The Balaban J connectivity index is 1.61. The van der Waals surface area contributed by atoms with E-state index in [1.165, 1.54) is 31.0 Å². The van der Waals surface area contributed by atoms with Gasteiger partial charge in [-0.1, -0.05) is 105 Å². The van der Waals surface area contributed by atoms with Crippen LogP contribution < -0.4 is 0 Å². The molecule has 1 aliphatic heterocycles. The fraction of sp³-hybridized carbons (Fsp3) is 0.269. The normalized spacial score (nSPS) is 15.2. The van der Waals surface area contributed by atoms with Crippen molar-refractivity contribution >= 4 is 40.3 Å². The summed E-state index contributed by atoms with van der Waals surface area (Å²) in [6.07, 6.45) is 9.70. The van der Waals surface area contributed by atoms with E-state index >= 15 is 0 Å². The van der Waals surface area contributed by atoms with Gasteiger partial charge in [-0.2, -0.15) is 5.10 Å². The van der Waals surface area contributed by atoms with Gasteiger partial charge in [0.2, 0.25) is 0 Å². The topological polar surface area (TPSA) is 38.1 Å². The van der Waals surface area contributed by atoms with Gasteiger partial charge >= 0.3 is 0 Å². The number of hydrogen-bond donors (Lipinski definition) is 0. The summed E-state index contributed by atoms with van der Waals surface area (Å²) < 4.78 is 2.51. The maximum atomic E-state index is 13.1. The third kappa shape index (κ3) is 5.19. The van der Waals surface area contributed by atoms with E-state index in [4.69, 9.17) is 17.3 Å². The molecule has 1 fully saturated rings. The zero-order valence-electron chi connectivity index (χ0n) is 18.2. The molecule has 4 nitrogen and oxygen atoms in total. The molecule has 6 heteroatoms. The zero-order valence-corrected chi connectivity index (χ0v) is 19.9. The Morgan fingerprint density at radius 1 is 0.969 bits per heavy atom. The van der Waals surface area contributed by atoms with Gasteiger partial charge in [0.1, 0.15) is 4.32 Å². The molecular formula is C26H27N3OS2. The van der Waals surface area contributed by atoms with Crippen LogP contribution in [0.15, 0.2) is 71.8 Å². The molecule has 0 N–H and O–H groups in total. The van der Waals surface area contributed by atoms with E-state index in [1.54, 1.807) is 4.90 Å². The second kappa shape index (κ2) is 10.7. The summed E-state index contributed by atoms with van der Waals surface area (Å²) >= 11 is 6.91. The molecule has 0 bridgehead atoms. The lowest BCUT2D eigenvalue weighted by atomic mass is 10.1. The lowest BCUT2D eigenvalue weighted by Gasteiger charge is -2.13. The van der Waals surface area contributed by atoms with Gasteiger partial charge in [-0.25, -0.2) is 4.68 Å². The standard InChI is InChI=1S/C26H27N3OS2/c1-2-3-4-5-12-17-28-25(30)23(32-26(28)31)18-21-19-29(22-15-10-7-11-16-22)27-24(21)20-13-8-6-9-14-20/h6-11,13-16,18-19H,2-5,12,17H2,1H3/b23-18-. The van der Waals surface area contributed by atoms with Crippen LogP contribution >= 0.6 is 24.0 Å². The van der Waals surface area contributed by atoms with Crippen LogP contribution in [-0.4, -0.2) is 31.5 Å². The second-order valence-electron chi connectivity index (χ2n) is 7.83. The second-order valence-corrected chi connectivity index (χ2v) is 9.50. The maximum Gasteiger partial charge on any atom is 0.266 e. The SMILES string of the molecule is CCCCCCCN1C(=O)/C(=C/c2cn(-c3ccccc3)nc2-c2ccccc2)SC1=S. The van der Waals surface area contributed by atoms with E-state index in [0.717, 1.165) is 35.3 Å². The molecule has 3 aromatic rings. The van der Waals surface area contributed by atoms with Crippen LogP contribution in [0.25, 0.3) is 23.0 Å². The van der Waals surface area contributed by atoms with Gasteiger partial charge in [0.05, 0.1) is 16.3 Å². The number of unbranched alkanes of at least 4 members (excludes halogenated alkanes) is 4. The number of rotatable bonds is 9. The van der Waals surface area contributed by atoms with Gasteiger partial charge in [0.25, 0.3) is 5.91 Å². The number of nitrogens with zero attached hydrogens (tertiary/aromatic N) is 3. The van der Waals surface area contributed by atoms with Crippen molar-refractivity contribution < 1.29 is 4.79 Å². The number of aromatic nitrogens is 2. The molecule has 2 aromatic carbocycles. The fourth-order valence-electron chi connectivity index (χ4n) is 3.73. The van der Waals surface area contributed by atoms with Crippen molar-refractivity contribution in [1.29, 1.82) is 0 Å². The number of thiocarbonyl (C=S) groups is 1. The molecule has 0 atom stereocenters. The van der Waals surface area contributed by atoms with Gasteiger partial charge in [-0.3, -0.25) is 9.69 Å². The number of carbonyl (C=O) groups is 1. The first kappa shape index (κ1) is 22.5. The van der Waals surface area contributed by atoms with Crippen LogP contribution in [0.2, 0.25) is 0 Å². The van der Waals surface area contributed by atoms with Crippen LogP contribution in [0.1, 0.15) is 44.6 Å². The molecule has 1 aliphatic rings. The predicted molar refractivity (Wildman–Crippen MR) is 138 cm³/mol. The highest BCUT2D eigenvalue weighted by atomic mass is 32.2. The van der Waals surface area contributed by atoms with Crippen LogP contribution in [0.3, 0.4) is 0 Å². The smallest absolute Gasteiger partial charge is 0.266 e. The van der Waals surface area contributed by atoms with Gasteiger partial charge in [-0.15, -0.1) is 0 Å². The molecule has 0 radical (unpaired) electrons. The van der Waals surface area contributed by atoms with Gasteiger partial charge in [0.15, 0.2) is 0 Å². The highest BCUT2D eigenvalue weighted by Gasteiger charge is 2.32. The summed E-state index contributed by atoms with van der Waals surface area (Å²) in [6, 6.07) is 20.1. The first-order valence-corrected chi connectivity index (χ1v) is 12.4. The van der Waals surface area contributed by atoms with E-state index < -0.39 is 0 Å². The van der Waals surface area contributed by atoms with Crippen molar-refractivity contribution in [1.82, 2.24) is 14.7 Å². The maximum absolute atomic E-state index is 13.1. The minimum atomic E-state index is 0.00182. The van der Waals surface area contributed by atoms with Crippen molar-refractivity contribution in [3.05, 3.63) is 77.3 Å². The molecule has 32 heavy (non-hydrogen) atoms. The quantitative estimate of drug-likeness (QED) is 0.202. The molecule has 0 spiro atoms. The fourth-order valence-corrected chi connectivity index (χ4v) is 5.03. The molecule has 4 rings (SSSR count). The third-order valence-corrected chi connectivity index (χ3v) is 6.83. The molecule has 1 aromatic heterocycles. The first-order valence-electron chi connectivity index (χ1n) is 11.1. The monoisotopic (exact) mass is 461 g/mol. The summed E-state index contributed by atoms with van der Waals surface area (Å²) in [6.45, 7) is 2.90. The molecule has 0 saturated carbocycles. The van der Waals surface area contributed by atoms with E-state index in [-0.39, 0.29) is 5.91 Å². The first-order chi connectivity index (χ1) is 15.7. The summed E-state index contributed by atoms with van der Waals surface area (Å²) in [4.78, 5) is 15.5. The highest BCUT2D eigenvalue weighted by molar-refractivity contribution is 8.26. The van der Waals surface area contributed by atoms with Crippen molar-refractivity contribution in [2.75, 3.05) is 6.54 Å². The average Bonchev–Trinajstić information content (AvgIpc) is 3.36. The molecule has 0 aliphatic carbocycles. The largest absolute Gasteiger partial charge is 0.293 e. The summed E-state index contributed by atoms with van der Waals surface area (Å²) in [7, 11) is 0. The lowest BCUT2D eigenvalue weighted by Crippen LogP contribution is -2.29. The van der Waals surface area contributed by atoms with Crippen LogP contribution in [-0.2, 0) is 4.79 Å². The molecule has 2 heterocycles. The summed E-state index contributed by atoms with van der Waals surface area (Å²) in [5.41, 5.74) is 3.74. The number of carbonyl (C=O) groups excluding carboxylic acids is 1. The number of hydrogen-bond acceptors (Lipinski definition) is 4. The number of thioether (sulfide) groups is 1. The van der Waals surface area contributed by atoms with E-state index in [1.807, 2.05) is 77.6 Å². The Bertz CT molecular complexity index is 1110. The number of benzene rings is 2. The Morgan fingerprint density at radius 2 is 1.66 bits per heavy atom. The van der Waals surface area contributed by atoms with E-state index in [9.17, 15) is 4.79 Å². The van der Waals surface area contributed by atoms with E-state index in [0.29, 0.717) is 15.8 Å². The molecule has 164 valence electrons. The zero-order chi connectivity index (χ0) is 22.3. The Kier molecular flexibility index (Phi) is 7.55.